The highest BCUT2D eigenvalue weighted by Crippen LogP contribution is 2.04. The van der Waals surface area contributed by atoms with Crippen LogP contribution in [0.15, 0.2) is 0 Å². The first kappa shape index (κ1) is 9.66. The molecule has 0 saturated carbocycles. The Bertz CT molecular complexity index is 307. The van der Waals surface area contributed by atoms with Gasteiger partial charge in [0.25, 0.3) is 0 Å². The van der Waals surface area contributed by atoms with Gasteiger partial charge < -0.3 is 10.5 Å². The Hall–Kier alpha value is -1.43. The average Bonchev–Trinajstić information content (AvgIpc) is 2.47. The van der Waals surface area contributed by atoms with Crippen LogP contribution in [0, 0.1) is 0 Å². The number of hydrogen-bond donors (Lipinski definition) is 1. The Labute approximate surface area is 75.7 Å². The fourth-order valence-corrected chi connectivity index (χ4v) is 0.964. The van der Waals surface area contributed by atoms with Crippen molar-refractivity contribution >= 4 is 5.97 Å². The van der Waals surface area contributed by atoms with E-state index in [1.165, 1.54) is 4.68 Å². The first-order valence-electron chi connectivity index (χ1n) is 3.96. The molecule has 0 aliphatic heterocycles. The van der Waals surface area contributed by atoms with Crippen molar-refractivity contribution in [2.75, 3.05) is 6.61 Å². The van der Waals surface area contributed by atoms with E-state index >= 15 is 0 Å². The molecule has 0 amide bonds. The number of carbonyl (C=O) groups is 1. The van der Waals surface area contributed by atoms with Gasteiger partial charge in [0, 0.05) is 13.6 Å². The van der Waals surface area contributed by atoms with E-state index in [1.54, 1.807) is 14.0 Å². The van der Waals surface area contributed by atoms with E-state index in [4.69, 9.17) is 10.5 Å². The SMILES string of the molecule is CCOC(=O)c1nnn(C)c1CN. The number of hydrogen-bond acceptors (Lipinski definition) is 5. The zero-order chi connectivity index (χ0) is 9.84. The lowest BCUT2D eigenvalue weighted by molar-refractivity contribution is 0.0518. The van der Waals surface area contributed by atoms with E-state index in [-0.39, 0.29) is 12.2 Å². The number of rotatable bonds is 3. The van der Waals surface area contributed by atoms with Gasteiger partial charge in [-0.15, -0.1) is 5.10 Å². The topological polar surface area (TPSA) is 83.0 Å². The summed E-state index contributed by atoms with van der Waals surface area (Å²) < 4.78 is 6.24. The van der Waals surface area contributed by atoms with Crippen molar-refractivity contribution in [1.82, 2.24) is 15.0 Å². The zero-order valence-electron chi connectivity index (χ0n) is 7.65. The van der Waals surface area contributed by atoms with Gasteiger partial charge in [-0.05, 0) is 6.92 Å². The van der Waals surface area contributed by atoms with Gasteiger partial charge in [-0.25, -0.2) is 4.79 Å². The molecule has 13 heavy (non-hydrogen) atoms. The minimum absolute atomic E-state index is 0.201. The van der Waals surface area contributed by atoms with Crippen molar-refractivity contribution in [3.05, 3.63) is 11.4 Å². The third-order valence-electron chi connectivity index (χ3n) is 1.60. The van der Waals surface area contributed by atoms with Crippen molar-refractivity contribution in [1.29, 1.82) is 0 Å². The van der Waals surface area contributed by atoms with Gasteiger partial charge in [-0.1, -0.05) is 5.21 Å². The van der Waals surface area contributed by atoms with E-state index in [9.17, 15) is 4.79 Å². The minimum Gasteiger partial charge on any atom is -0.461 e. The summed E-state index contributed by atoms with van der Waals surface area (Å²) in [6, 6.07) is 0. The first-order chi connectivity index (χ1) is 6.20. The third-order valence-corrected chi connectivity index (χ3v) is 1.60. The summed E-state index contributed by atoms with van der Waals surface area (Å²) in [7, 11) is 1.68. The Balaban J connectivity index is 2.93. The maximum absolute atomic E-state index is 11.2. The van der Waals surface area contributed by atoms with Crippen molar-refractivity contribution in [2.45, 2.75) is 13.5 Å². The van der Waals surface area contributed by atoms with Crippen molar-refractivity contribution in [2.24, 2.45) is 12.8 Å². The summed E-state index contributed by atoms with van der Waals surface area (Å²) in [5.41, 5.74) is 6.20. The largest absolute Gasteiger partial charge is 0.461 e. The molecule has 72 valence electrons. The Kier molecular flexibility index (Phi) is 2.97. The molecular formula is C7H12N4O2. The van der Waals surface area contributed by atoms with E-state index < -0.39 is 5.97 Å². The van der Waals surface area contributed by atoms with Crippen molar-refractivity contribution in [3.8, 4) is 0 Å². The normalized spacial score (nSPS) is 10.1. The lowest BCUT2D eigenvalue weighted by atomic mass is 10.3. The predicted molar refractivity (Wildman–Crippen MR) is 44.9 cm³/mol. The number of aromatic nitrogens is 3. The van der Waals surface area contributed by atoms with E-state index in [1.807, 2.05) is 0 Å². The highest BCUT2D eigenvalue weighted by atomic mass is 16.5. The molecule has 0 spiro atoms. The maximum Gasteiger partial charge on any atom is 0.360 e. The van der Waals surface area contributed by atoms with Crippen LogP contribution in [0.5, 0.6) is 0 Å². The molecule has 0 aliphatic rings. The van der Waals surface area contributed by atoms with E-state index in [0.717, 1.165) is 0 Å². The minimum atomic E-state index is -0.476. The van der Waals surface area contributed by atoms with Gasteiger partial charge in [-0.3, -0.25) is 4.68 Å². The molecule has 1 heterocycles. The molecule has 2 N–H and O–H groups in total. The van der Waals surface area contributed by atoms with Crippen LogP contribution in [0.2, 0.25) is 0 Å². The zero-order valence-corrected chi connectivity index (χ0v) is 7.65. The third kappa shape index (κ3) is 1.83. The van der Waals surface area contributed by atoms with Crippen LogP contribution in [0.1, 0.15) is 23.1 Å². The highest BCUT2D eigenvalue weighted by molar-refractivity contribution is 5.88. The van der Waals surface area contributed by atoms with Gasteiger partial charge >= 0.3 is 5.97 Å². The van der Waals surface area contributed by atoms with Crippen LogP contribution in [-0.4, -0.2) is 27.6 Å². The number of esters is 1. The molecule has 0 bridgehead atoms. The summed E-state index contributed by atoms with van der Waals surface area (Å²) >= 11 is 0. The van der Waals surface area contributed by atoms with Crippen LogP contribution < -0.4 is 5.73 Å². The average molecular weight is 184 g/mol. The molecule has 6 nitrogen and oxygen atoms in total. The molecule has 0 saturated heterocycles. The summed E-state index contributed by atoms with van der Waals surface area (Å²) in [6.07, 6.45) is 0. The number of nitrogens with two attached hydrogens (primary N) is 1. The molecule has 0 atom stereocenters. The van der Waals surface area contributed by atoms with Gasteiger partial charge in [0.1, 0.15) is 0 Å². The smallest absolute Gasteiger partial charge is 0.360 e. The Morgan fingerprint density at radius 2 is 2.38 bits per heavy atom. The first-order valence-corrected chi connectivity index (χ1v) is 3.96. The molecule has 6 heteroatoms. The standard InChI is InChI=1S/C7H12N4O2/c1-3-13-7(12)6-5(4-8)11(2)10-9-6/h3-4,8H2,1-2H3. The number of nitrogens with zero attached hydrogens (tertiary/aromatic N) is 3. The highest BCUT2D eigenvalue weighted by Gasteiger charge is 2.17. The van der Waals surface area contributed by atoms with Gasteiger partial charge in [0.15, 0.2) is 5.69 Å². The van der Waals surface area contributed by atoms with Crippen LogP contribution >= 0.6 is 0 Å². The quantitative estimate of drug-likeness (QED) is 0.637. The summed E-state index contributed by atoms with van der Waals surface area (Å²) in [4.78, 5) is 11.2. The molecule has 0 aromatic carbocycles. The second kappa shape index (κ2) is 3.99. The number of carbonyl (C=O) groups excluding carboxylic acids is 1. The molecule has 1 rings (SSSR count). The number of aryl methyl sites for hydroxylation is 1. The monoisotopic (exact) mass is 184 g/mol. The Morgan fingerprint density at radius 1 is 1.69 bits per heavy atom. The molecule has 0 radical (unpaired) electrons. The molecule has 0 fully saturated rings. The lowest BCUT2D eigenvalue weighted by Gasteiger charge is -2.00. The lowest BCUT2D eigenvalue weighted by Crippen LogP contribution is -2.12. The van der Waals surface area contributed by atoms with Crippen molar-refractivity contribution in [3.63, 3.8) is 0 Å². The van der Waals surface area contributed by atoms with Crippen LogP contribution in [0.3, 0.4) is 0 Å². The van der Waals surface area contributed by atoms with Crippen LogP contribution in [0.25, 0.3) is 0 Å². The summed E-state index contributed by atoms with van der Waals surface area (Å²) in [5.74, 6) is -0.476. The maximum atomic E-state index is 11.2. The van der Waals surface area contributed by atoms with E-state index in [2.05, 4.69) is 10.3 Å². The Morgan fingerprint density at radius 3 is 2.92 bits per heavy atom. The number of ether oxygens (including phenoxy) is 1. The van der Waals surface area contributed by atoms with Crippen LogP contribution in [-0.2, 0) is 18.3 Å². The van der Waals surface area contributed by atoms with E-state index in [0.29, 0.717) is 12.3 Å². The molecular weight excluding hydrogens is 172 g/mol. The van der Waals surface area contributed by atoms with Crippen molar-refractivity contribution < 1.29 is 9.53 Å². The fraction of sp³-hybridized carbons (Fsp3) is 0.571. The fourth-order valence-electron chi connectivity index (χ4n) is 0.964. The predicted octanol–water partition coefficient (Wildman–Crippen LogP) is -0.550. The second-order valence-corrected chi connectivity index (χ2v) is 2.43. The molecule has 0 aliphatic carbocycles. The van der Waals surface area contributed by atoms with Gasteiger partial charge in [0.2, 0.25) is 0 Å². The van der Waals surface area contributed by atoms with Crippen LogP contribution in [0.4, 0.5) is 0 Å². The van der Waals surface area contributed by atoms with Gasteiger partial charge in [-0.2, -0.15) is 0 Å². The molecule has 0 unspecified atom stereocenters. The van der Waals surface area contributed by atoms with Gasteiger partial charge in [0.05, 0.1) is 12.3 Å². The molecule has 1 aromatic heterocycles. The summed E-state index contributed by atoms with van der Waals surface area (Å²) in [6.45, 7) is 2.27. The molecule has 1 aromatic rings. The summed E-state index contributed by atoms with van der Waals surface area (Å²) in [5, 5.41) is 7.34. The second-order valence-electron chi connectivity index (χ2n) is 2.43.